The van der Waals surface area contributed by atoms with Crippen LogP contribution in [0.5, 0.6) is 11.5 Å². The van der Waals surface area contributed by atoms with Crippen molar-refractivity contribution in [3.05, 3.63) is 23.8 Å². The molecule has 1 aromatic rings. The zero-order chi connectivity index (χ0) is 16.9. The van der Waals surface area contributed by atoms with Gasteiger partial charge in [-0.15, -0.1) is 25.6 Å². The van der Waals surface area contributed by atoms with Crippen molar-refractivity contribution in [2.24, 2.45) is 5.73 Å². The molecule has 0 aliphatic heterocycles. The van der Waals surface area contributed by atoms with Crippen molar-refractivity contribution < 1.29 is 36.6 Å². The van der Waals surface area contributed by atoms with E-state index in [-0.39, 0.29) is 30.3 Å². The average molecular weight is 362 g/mol. The van der Waals surface area contributed by atoms with Crippen molar-refractivity contribution >= 4 is 18.4 Å². The second-order valence-corrected chi connectivity index (χ2v) is 4.13. The summed E-state index contributed by atoms with van der Waals surface area (Å²) in [5.41, 5.74) is 5.44. The van der Waals surface area contributed by atoms with Gasteiger partial charge in [0, 0.05) is 5.56 Å². The summed E-state index contributed by atoms with van der Waals surface area (Å²) in [6.45, 7) is 1.43. The Labute approximate surface area is 136 Å². The van der Waals surface area contributed by atoms with Crippen molar-refractivity contribution in [1.82, 2.24) is 0 Å². The molecule has 2 atom stereocenters. The fourth-order valence-corrected chi connectivity index (χ4v) is 1.70. The van der Waals surface area contributed by atoms with Gasteiger partial charge < -0.3 is 19.9 Å². The molecule has 1 aromatic carbocycles. The van der Waals surface area contributed by atoms with Gasteiger partial charge in [0.05, 0.1) is 19.8 Å². The smallest absolute Gasteiger partial charge is 0.496 e. The highest BCUT2D eigenvalue weighted by Crippen LogP contribution is 2.33. The van der Waals surface area contributed by atoms with E-state index in [2.05, 4.69) is 9.47 Å². The monoisotopic (exact) mass is 361 g/mol. The standard InChI is InChI=1S/C13H15F4NO4.ClH/c1-3-21-12(19)10(14)11(18)8-6-7(22-13(15,16)17)4-5-9(8)20-2;/h4-6,10-11H,3,18H2,1-2H3;1H/t10?,11-;/m1./s1. The number of halogens is 5. The highest BCUT2D eigenvalue weighted by Gasteiger charge is 2.33. The summed E-state index contributed by atoms with van der Waals surface area (Å²) in [6, 6.07) is 1.42. The van der Waals surface area contributed by atoms with Crippen molar-refractivity contribution in [3.8, 4) is 11.5 Å². The Balaban J connectivity index is 0.00000484. The van der Waals surface area contributed by atoms with Crippen LogP contribution in [0.1, 0.15) is 18.5 Å². The third-order valence-corrected chi connectivity index (χ3v) is 2.62. The first-order valence-electron chi connectivity index (χ1n) is 6.19. The number of hydrogen-bond donors (Lipinski definition) is 1. The maximum absolute atomic E-state index is 13.9. The minimum atomic E-state index is -4.91. The minimum absolute atomic E-state index is 0. The summed E-state index contributed by atoms with van der Waals surface area (Å²) in [5.74, 6) is -1.79. The zero-order valence-electron chi connectivity index (χ0n) is 12.2. The van der Waals surface area contributed by atoms with E-state index in [9.17, 15) is 22.4 Å². The molecular weight excluding hydrogens is 346 g/mol. The predicted octanol–water partition coefficient (Wildman–Crippen LogP) is 2.92. The summed E-state index contributed by atoms with van der Waals surface area (Å²) < 4.78 is 63.7. The molecule has 1 rings (SSSR count). The molecule has 0 fully saturated rings. The van der Waals surface area contributed by atoms with Crippen LogP contribution in [-0.4, -0.2) is 32.2 Å². The molecule has 0 aliphatic rings. The number of carbonyl (C=O) groups excluding carboxylic acids is 1. The van der Waals surface area contributed by atoms with Crippen molar-refractivity contribution in [2.75, 3.05) is 13.7 Å². The zero-order valence-corrected chi connectivity index (χ0v) is 13.0. The number of rotatable bonds is 6. The number of hydrogen-bond acceptors (Lipinski definition) is 5. The van der Waals surface area contributed by atoms with Crippen LogP contribution in [0, 0.1) is 0 Å². The highest BCUT2D eigenvalue weighted by molar-refractivity contribution is 5.85. The second kappa shape index (κ2) is 8.78. The number of benzene rings is 1. The first kappa shape index (κ1) is 21.3. The summed E-state index contributed by atoms with van der Waals surface area (Å²) in [7, 11) is 1.23. The van der Waals surface area contributed by atoms with Crippen molar-refractivity contribution in [2.45, 2.75) is 25.5 Å². The molecular formula is C13H16ClF4NO4. The SMILES string of the molecule is CCOC(=O)C(F)[C@H](N)c1cc(OC(F)(F)F)ccc1OC.Cl. The largest absolute Gasteiger partial charge is 0.573 e. The first-order valence-corrected chi connectivity index (χ1v) is 6.19. The molecule has 0 amide bonds. The molecule has 5 nitrogen and oxygen atoms in total. The third-order valence-electron chi connectivity index (χ3n) is 2.62. The summed E-state index contributed by atoms with van der Waals surface area (Å²) in [6.07, 6.45) is -7.17. The first-order chi connectivity index (χ1) is 10.2. The maximum atomic E-state index is 13.9. The topological polar surface area (TPSA) is 70.8 Å². The number of ether oxygens (including phenoxy) is 3. The molecule has 0 heterocycles. The fourth-order valence-electron chi connectivity index (χ4n) is 1.70. The van der Waals surface area contributed by atoms with E-state index in [0.29, 0.717) is 0 Å². The molecule has 0 aliphatic carbocycles. The summed E-state index contributed by atoms with van der Waals surface area (Å²) >= 11 is 0. The van der Waals surface area contributed by atoms with Crippen LogP contribution in [0.25, 0.3) is 0 Å². The van der Waals surface area contributed by atoms with Gasteiger partial charge in [-0.05, 0) is 25.1 Å². The van der Waals surface area contributed by atoms with Crippen LogP contribution in [0.2, 0.25) is 0 Å². The van der Waals surface area contributed by atoms with E-state index in [0.717, 1.165) is 18.2 Å². The van der Waals surface area contributed by atoms with Crippen molar-refractivity contribution in [3.63, 3.8) is 0 Å². The normalized spacial score (nSPS) is 13.5. The van der Waals surface area contributed by atoms with Gasteiger partial charge in [0.2, 0.25) is 6.17 Å². The Hall–Kier alpha value is -1.74. The van der Waals surface area contributed by atoms with E-state index in [1.54, 1.807) is 0 Å². The third kappa shape index (κ3) is 6.11. The van der Waals surface area contributed by atoms with Crippen LogP contribution < -0.4 is 15.2 Å². The second-order valence-electron chi connectivity index (χ2n) is 4.13. The molecule has 2 N–H and O–H groups in total. The molecule has 10 heteroatoms. The Morgan fingerprint density at radius 2 is 1.96 bits per heavy atom. The van der Waals surface area contributed by atoms with Gasteiger partial charge in [0.15, 0.2) is 0 Å². The number of nitrogens with two attached hydrogens (primary N) is 1. The number of carbonyl (C=O) groups is 1. The van der Waals surface area contributed by atoms with Gasteiger partial charge in [0.25, 0.3) is 0 Å². The van der Waals surface area contributed by atoms with Crippen LogP contribution in [0.3, 0.4) is 0 Å². The van der Waals surface area contributed by atoms with Gasteiger partial charge >= 0.3 is 12.3 Å². The average Bonchev–Trinajstić information content (AvgIpc) is 2.44. The lowest BCUT2D eigenvalue weighted by Gasteiger charge is -2.19. The molecule has 0 bridgehead atoms. The van der Waals surface area contributed by atoms with Crippen LogP contribution in [-0.2, 0) is 9.53 Å². The van der Waals surface area contributed by atoms with Gasteiger partial charge in [-0.25, -0.2) is 9.18 Å². The van der Waals surface area contributed by atoms with Gasteiger partial charge in [-0.3, -0.25) is 0 Å². The highest BCUT2D eigenvalue weighted by atomic mass is 35.5. The van der Waals surface area contributed by atoms with Gasteiger partial charge in [-0.1, -0.05) is 0 Å². The van der Waals surface area contributed by atoms with E-state index in [4.69, 9.17) is 10.5 Å². The molecule has 0 saturated heterocycles. The Morgan fingerprint density at radius 1 is 1.35 bits per heavy atom. The molecule has 0 aromatic heterocycles. The lowest BCUT2D eigenvalue weighted by Crippen LogP contribution is -2.32. The summed E-state index contributed by atoms with van der Waals surface area (Å²) in [4.78, 5) is 11.3. The Bertz CT molecular complexity index is 527. The molecule has 132 valence electrons. The molecule has 0 radical (unpaired) electrons. The number of esters is 1. The maximum Gasteiger partial charge on any atom is 0.573 e. The number of methoxy groups -OCH3 is 1. The van der Waals surface area contributed by atoms with Gasteiger partial charge in [0.1, 0.15) is 11.5 Å². The van der Waals surface area contributed by atoms with Crippen molar-refractivity contribution in [1.29, 1.82) is 0 Å². The number of alkyl halides is 4. The molecule has 1 unspecified atom stereocenters. The Kier molecular flexibility index (Phi) is 8.11. The van der Waals surface area contributed by atoms with E-state index in [1.807, 2.05) is 0 Å². The Morgan fingerprint density at radius 3 is 2.43 bits per heavy atom. The van der Waals surface area contributed by atoms with E-state index < -0.39 is 30.3 Å². The molecule has 0 saturated carbocycles. The van der Waals surface area contributed by atoms with Crippen LogP contribution in [0.15, 0.2) is 18.2 Å². The lowest BCUT2D eigenvalue weighted by atomic mass is 10.0. The minimum Gasteiger partial charge on any atom is -0.496 e. The molecule has 23 heavy (non-hydrogen) atoms. The van der Waals surface area contributed by atoms with E-state index >= 15 is 0 Å². The van der Waals surface area contributed by atoms with Gasteiger partial charge in [-0.2, -0.15) is 0 Å². The predicted molar refractivity (Wildman–Crippen MR) is 75.4 cm³/mol. The summed E-state index contributed by atoms with van der Waals surface area (Å²) in [5, 5.41) is 0. The molecule has 0 spiro atoms. The lowest BCUT2D eigenvalue weighted by molar-refractivity contribution is -0.274. The fraction of sp³-hybridized carbons (Fsp3) is 0.462. The van der Waals surface area contributed by atoms with Crippen LogP contribution in [0.4, 0.5) is 17.6 Å². The van der Waals surface area contributed by atoms with Crippen LogP contribution >= 0.6 is 12.4 Å². The quantitative estimate of drug-likeness (QED) is 0.623. The van der Waals surface area contributed by atoms with E-state index in [1.165, 1.54) is 14.0 Å².